The Morgan fingerprint density at radius 1 is 1.38 bits per heavy atom. The molecule has 0 aromatic rings. The highest BCUT2D eigenvalue weighted by atomic mass is 16.5. The molecule has 2 unspecified atom stereocenters. The van der Waals surface area contributed by atoms with E-state index in [0.717, 1.165) is 26.1 Å². The third kappa shape index (κ3) is 3.19. The summed E-state index contributed by atoms with van der Waals surface area (Å²) in [4.78, 5) is 11.7. The van der Waals surface area contributed by atoms with Crippen LogP contribution in [0.4, 0.5) is 0 Å². The number of nitrogens with one attached hydrogen (secondary N) is 2. The fraction of sp³-hybridized carbons (Fsp3) is 0.917. The molecule has 4 heteroatoms. The zero-order valence-corrected chi connectivity index (χ0v) is 10.00. The summed E-state index contributed by atoms with van der Waals surface area (Å²) in [5.74, 6) is 0.865. The van der Waals surface area contributed by atoms with Crippen LogP contribution in [-0.2, 0) is 9.53 Å². The van der Waals surface area contributed by atoms with Crippen molar-refractivity contribution in [1.29, 1.82) is 0 Å². The summed E-state index contributed by atoms with van der Waals surface area (Å²) >= 11 is 0. The highest BCUT2D eigenvalue weighted by Gasteiger charge is 2.40. The van der Waals surface area contributed by atoms with E-state index in [1.807, 2.05) is 6.92 Å². The van der Waals surface area contributed by atoms with Crippen LogP contribution in [0.2, 0.25) is 0 Å². The van der Waals surface area contributed by atoms with Gasteiger partial charge in [0.1, 0.15) is 0 Å². The van der Waals surface area contributed by atoms with E-state index in [-0.39, 0.29) is 11.9 Å². The predicted octanol–water partition coefficient (Wildman–Crippen LogP) is 0.670. The van der Waals surface area contributed by atoms with Crippen molar-refractivity contribution in [2.75, 3.05) is 19.7 Å². The maximum atomic E-state index is 11.7. The first-order chi connectivity index (χ1) is 7.81. The number of rotatable bonds is 6. The van der Waals surface area contributed by atoms with Crippen LogP contribution >= 0.6 is 0 Å². The largest absolute Gasteiger partial charge is 0.376 e. The minimum atomic E-state index is 0.155. The Morgan fingerprint density at radius 3 is 2.88 bits per heavy atom. The van der Waals surface area contributed by atoms with Crippen molar-refractivity contribution in [3.63, 3.8) is 0 Å². The lowest BCUT2D eigenvalue weighted by Crippen LogP contribution is -2.42. The second-order valence-corrected chi connectivity index (χ2v) is 4.74. The quantitative estimate of drug-likeness (QED) is 0.655. The average molecular weight is 226 g/mol. The van der Waals surface area contributed by atoms with Crippen molar-refractivity contribution in [2.45, 2.75) is 44.8 Å². The van der Waals surface area contributed by atoms with Crippen molar-refractivity contribution < 1.29 is 9.53 Å². The second-order valence-electron chi connectivity index (χ2n) is 4.74. The van der Waals surface area contributed by atoms with Gasteiger partial charge >= 0.3 is 0 Å². The molecule has 2 N–H and O–H groups in total. The Kier molecular flexibility index (Phi) is 4.18. The Morgan fingerprint density at radius 2 is 2.19 bits per heavy atom. The average Bonchev–Trinajstić information content (AvgIpc) is 3.01. The number of hydrogen-bond donors (Lipinski definition) is 2. The van der Waals surface area contributed by atoms with Gasteiger partial charge in [-0.3, -0.25) is 4.79 Å². The lowest BCUT2D eigenvalue weighted by molar-refractivity contribution is -0.122. The molecule has 4 nitrogen and oxygen atoms in total. The highest BCUT2D eigenvalue weighted by Crippen LogP contribution is 2.38. The molecule has 0 spiro atoms. The molecule has 2 aliphatic rings. The third-order valence-electron chi connectivity index (χ3n) is 3.35. The van der Waals surface area contributed by atoms with Gasteiger partial charge < -0.3 is 15.4 Å². The summed E-state index contributed by atoms with van der Waals surface area (Å²) in [7, 11) is 0. The number of carbonyl (C=O) groups excluding carboxylic acids is 1. The summed E-state index contributed by atoms with van der Waals surface area (Å²) in [6, 6.07) is 0.265. The lowest BCUT2D eigenvalue weighted by Gasteiger charge is -2.19. The first-order valence-electron chi connectivity index (χ1n) is 6.43. The molecule has 1 aliphatic carbocycles. The summed E-state index contributed by atoms with van der Waals surface area (Å²) in [6.45, 7) is 4.54. The first kappa shape index (κ1) is 11.9. The van der Waals surface area contributed by atoms with Crippen LogP contribution in [0.5, 0.6) is 0 Å². The van der Waals surface area contributed by atoms with Crippen molar-refractivity contribution in [1.82, 2.24) is 10.6 Å². The van der Waals surface area contributed by atoms with E-state index in [1.165, 1.54) is 12.8 Å². The van der Waals surface area contributed by atoms with Gasteiger partial charge in [0, 0.05) is 19.6 Å². The molecule has 1 saturated carbocycles. The molecule has 1 heterocycles. The summed E-state index contributed by atoms with van der Waals surface area (Å²) in [5.41, 5.74) is 0. The number of carbonyl (C=O) groups is 1. The summed E-state index contributed by atoms with van der Waals surface area (Å²) in [5, 5.41) is 6.26. The molecule has 2 fully saturated rings. The maximum Gasteiger partial charge on any atom is 0.221 e. The molecular formula is C12H22N2O2. The fourth-order valence-electron chi connectivity index (χ4n) is 2.31. The van der Waals surface area contributed by atoms with E-state index in [9.17, 15) is 4.79 Å². The molecule has 16 heavy (non-hydrogen) atoms. The third-order valence-corrected chi connectivity index (χ3v) is 3.35. The maximum absolute atomic E-state index is 11.7. The van der Waals surface area contributed by atoms with Gasteiger partial charge in [0.25, 0.3) is 0 Å². The molecule has 2 atom stereocenters. The van der Waals surface area contributed by atoms with E-state index < -0.39 is 0 Å². The Balaban J connectivity index is 1.69. The van der Waals surface area contributed by atoms with Crippen LogP contribution in [0.15, 0.2) is 0 Å². The van der Waals surface area contributed by atoms with Gasteiger partial charge in [0.05, 0.1) is 12.1 Å². The van der Waals surface area contributed by atoms with Crippen molar-refractivity contribution in [3.8, 4) is 0 Å². The normalized spacial score (nSPS) is 29.3. The van der Waals surface area contributed by atoms with Crippen molar-refractivity contribution in [2.24, 2.45) is 5.92 Å². The van der Waals surface area contributed by atoms with Crippen molar-refractivity contribution in [3.05, 3.63) is 0 Å². The molecular weight excluding hydrogens is 204 g/mol. The van der Waals surface area contributed by atoms with Gasteiger partial charge in [-0.05, 0) is 31.7 Å². The lowest BCUT2D eigenvalue weighted by atomic mass is 10.1. The Bertz CT molecular complexity index is 241. The van der Waals surface area contributed by atoms with Crippen LogP contribution in [0.1, 0.15) is 32.6 Å². The van der Waals surface area contributed by atoms with Gasteiger partial charge in [0.15, 0.2) is 0 Å². The second kappa shape index (κ2) is 5.64. The van der Waals surface area contributed by atoms with E-state index in [4.69, 9.17) is 4.74 Å². The Labute approximate surface area is 97.1 Å². The smallest absolute Gasteiger partial charge is 0.221 e. The fourth-order valence-corrected chi connectivity index (χ4v) is 2.31. The van der Waals surface area contributed by atoms with E-state index in [1.54, 1.807) is 0 Å². The monoisotopic (exact) mass is 226 g/mol. The van der Waals surface area contributed by atoms with Crippen molar-refractivity contribution >= 4 is 5.91 Å². The molecule has 0 radical (unpaired) electrons. The molecule has 92 valence electrons. The molecule has 0 aromatic carbocycles. The van der Waals surface area contributed by atoms with E-state index in [0.29, 0.717) is 18.4 Å². The van der Waals surface area contributed by atoms with Crippen LogP contribution in [-0.4, -0.2) is 37.7 Å². The zero-order chi connectivity index (χ0) is 11.4. The van der Waals surface area contributed by atoms with E-state index >= 15 is 0 Å². The van der Waals surface area contributed by atoms with Gasteiger partial charge in [-0.25, -0.2) is 0 Å². The minimum Gasteiger partial charge on any atom is -0.376 e. The van der Waals surface area contributed by atoms with Gasteiger partial charge in [0.2, 0.25) is 5.91 Å². The van der Waals surface area contributed by atoms with Crippen LogP contribution in [0.3, 0.4) is 0 Å². The van der Waals surface area contributed by atoms with E-state index in [2.05, 4.69) is 10.6 Å². The van der Waals surface area contributed by atoms with Crippen LogP contribution in [0, 0.1) is 5.92 Å². The summed E-state index contributed by atoms with van der Waals surface area (Å²) in [6.07, 6.45) is 4.39. The number of amides is 1. The molecule has 1 saturated heterocycles. The number of ether oxygens (including phenoxy) is 1. The first-order valence-corrected chi connectivity index (χ1v) is 6.43. The standard InChI is InChI=1S/C12H22N2O2/c1-2-13-7-5-11(15)14-10-6-8-16-12(10)9-3-4-9/h9-10,12-13H,2-8H2,1H3,(H,14,15). The van der Waals surface area contributed by atoms with Gasteiger partial charge in [-0.2, -0.15) is 0 Å². The van der Waals surface area contributed by atoms with Gasteiger partial charge in [-0.1, -0.05) is 6.92 Å². The predicted molar refractivity (Wildman–Crippen MR) is 62.2 cm³/mol. The topological polar surface area (TPSA) is 50.4 Å². The van der Waals surface area contributed by atoms with Crippen LogP contribution < -0.4 is 10.6 Å². The highest BCUT2D eigenvalue weighted by molar-refractivity contribution is 5.76. The van der Waals surface area contributed by atoms with Crippen LogP contribution in [0.25, 0.3) is 0 Å². The van der Waals surface area contributed by atoms with Gasteiger partial charge in [-0.15, -0.1) is 0 Å². The molecule has 0 aromatic heterocycles. The zero-order valence-electron chi connectivity index (χ0n) is 10.00. The molecule has 1 aliphatic heterocycles. The molecule has 1 amide bonds. The Hall–Kier alpha value is -0.610. The minimum absolute atomic E-state index is 0.155. The molecule has 0 bridgehead atoms. The number of hydrogen-bond acceptors (Lipinski definition) is 3. The summed E-state index contributed by atoms with van der Waals surface area (Å²) < 4.78 is 5.69. The SMILES string of the molecule is CCNCCC(=O)NC1CCOC1C1CC1. The molecule has 2 rings (SSSR count).